The number of hydrogen-bond acceptors (Lipinski definition) is 2. The summed E-state index contributed by atoms with van der Waals surface area (Å²) < 4.78 is 27.3. The summed E-state index contributed by atoms with van der Waals surface area (Å²) in [5.74, 6) is -3.05. The molecule has 1 aliphatic rings. The monoisotopic (exact) mass is 350 g/mol. The lowest BCUT2D eigenvalue weighted by Gasteiger charge is -2.16. The Hall–Kier alpha value is -2.47. The molecule has 0 heterocycles. The molecule has 2 N–H and O–H groups in total. The topological polar surface area (TPSA) is 58.2 Å². The molecule has 0 atom stereocenters. The summed E-state index contributed by atoms with van der Waals surface area (Å²) in [6.45, 7) is 0. The van der Waals surface area contributed by atoms with E-state index in [1.54, 1.807) is 24.3 Å². The van der Waals surface area contributed by atoms with Gasteiger partial charge in [-0.05, 0) is 43.2 Å². The lowest BCUT2D eigenvalue weighted by atomic mass is 10.0. The zero-order valence-corrected chi connectivity index (χ0v) is 13.2. The average molecular weight is 351 g/mol. The van der Waals surface area contributed by atoms with Gasteiger partial charge in [-0.3, -0.25) is 9.59 Å². The van der Waals surface area contributed by atoms with Gasteiger partial charge in [0.05, 0.1) is 0 Å². The van der Waals surface area contributed by atoms with E-state index >= 15 is 0 Å². The molecule has 0 radical (unpaired) electrons. The van der Waals surface area contributed by atoms with E-state index in [4.69, 9.17) is 11.6 Å². The summed E-state index contributed by atoms with van der Waals surface area (Å²) in [4.78, 5) is 24.8. The number of anilines is 2. The van der Waals surface area contributed by atoms with Gasteiger partial charge in [0.25, 0.3) is 0 Å². The van der Waals surface area contributed by atoms with E-state index < -0.39 is 34.6 Å². The van der Waals surface area contributed by atoms with E-state index in [9.17, 15) is 18.4 Å². The Labute approximate surface area is 141 Å². The standard InChI is InChI=1S/C17H13ClF2N2O2/c18-10-3-1-4-11(9-10)21-15(23)17(7-8-17)16(24)22-14-12(19)5-2-6-13(14)20/h1-6,9H,7-8H2,(H,21,23)(H,22,24). The van der Waals surface area contributed by atoms with E-state index in [0.29, 0.717) is 23.6 Å². The van der Waals surface area contributed by atoms with Crippen LogP contribution in [0.15, 0.2) is 42.5 Å². The summed E-state index contributed by atoms with van der Waals surface area (Å²) in [6, 6.07) is 9.75. The molecule has 2 amide bonds. The predicted molar refractivity (Wildman–Crippen MR) is 86.7 cm³/mol. The van der Waals surface area contributed by atoms with E-state index in [0.717, 1.165) is 12.1 Å². The SMILES string of the molecule is O=C(Nc1cccc(Cl)c1)C1(C(=O)Nc2c(F)cccc2F)CC1. The maximum atomic E-state index is 13.6. The number of amides is 2. The molecule has 24 heavy (non-hydrogen) atoms. The second-order valence-corrected chi connectivity index (χ2v) is 6.03. The van der Waals surface area contributed by atoms with Crippen LogP contribution in [0.2, 0.25) is 5.02 Å². The van der Waals surface area contributed by atoms with Gasteiger partial charge in [-0.2, -0.15) is 0 Å². The first-order valence-corrected chi connectivity index (χ1v) is 7.63. The van der Waals surface area contributed by atoms with Crippen LogP contribution in [0.3, 0.4) is 0 Å². The van der Waals surface area contributed by atoms with Crippen LogP contribution in [0.5, 0.6) is 0 Å². The van der Waals surface area contributed by atoms with E-state index in [1.807, 2.05) is 0 Å². The highest BCUT2D eigenvalue weighted by molar-refractivity contribution is 6.31. The van der Waals surface area contributed by atoms with Crippen molar-refractivity contribution < 1.29 is 18.4 Å². The van der Waals surface area contributed by atoms with Crippen molar-refractivity contribution >= 4 is 34.8 Å². The van der Waals surface area contributed by atoms with Gasteiger partial charge in [0.1, 0.15) is 22.7 Å². The van der Waals surface area contributed by atoms with Crippen molar-refractivity contribution in [2.45, 2.75) is 12.8 Å². The largest absolute Gasteiger partial charge is 0.325 e. The number of benzene rings is 2. The van der Waals surface area contributed by atoms with Crippen LogP contribution in [0, 0.1) is 17.0 Å². The molecule has 1 aliphatic carbocycles. The first kappa shape index (κ1) is 16.4. The molecule has 0 unspecified atom stereocenters. The molecule has 0 spiro atoms. The molecular formula is C17H13ClF2N2O2. The van der Waals surface area contributed by atoms with Gasteiger partial charge in [0, 0.05) is 10.7 Å². The van der Waals surface area contributed by atoms with Crippen molar-refractivity contribution in [2.75, 3.05) is 10.6 Å². The highest BCUT2D eigenvalue weighted by Gasteiger charge is 2.56. The normalized spacial score (nSPS) is 14.8. The fourth-order valence-electron chi connectivity index (χ4n) is 2.35. The molecule has 124 valence electrons. The van der Waals surface area contributed by atoms with Gasteiger partial charge in [0.2, 0.25) is 11.8 Å². The number of halogens is 3. The minimum Gasteiger partial charge on any atom is -0.325 e. The van der Waals surface area contributed by atoms with Gasteiger partial charge in [-0.25, -0.2) is 8.78 Å². The van der Waals surface area contributed by atoms with Crippen molar-refractivity contribution in [3.05, 3.63) is 59.1 Å². The molecule has 1 saturated carbocycles. The minimum atomic E-state index is -1.32. The van der Waals surface area contributed by atoms with Gasteiger partial charge in [-0.15, -0.1) is 0 Å². The minimum absolute atomic E-state index is 0.307. The Morgan fingerprint density at radius 3 is 2.12 bits per heavy atom. The lowest BCUT2D eigenvalue weighted by molar-refractivity contribution is -0.131. The Kier molecular flexibility index (Phi) is 4.24. The molecule has 0 aromatic heterocycles. The first-order valence-electron chi connectivity index (χ1n) is 7.25. The molecule has 7 heteroatoms. The summed E-state index contributed by atoms with van der Waals surface area (Å²) in [5.41, 5.74) is -1.43. The number of hydrogen-bond donors (Lipinski definition) is 2. The summed E-state index contributed by atoms with van der Waals surface area (Å²) in [6.07, 6.45) is 0.614. The average Bonchev–Trinajstić information content (AvgIpc) is 3.33. The number of para-hydroxylation sites is 1. The molecule has 3 rings (SSSR count). The maximum absolute atomic E-state index is 13.6. The quantitative estimate of drug-likeness (QED) is 0.819. The molecule has 4 nitrogen and oxygen atoms in total. The van der Waals surface area contributed by atoms with Crippen LogP contribution in [-0.2, 0) is 9.59 Å². The molecule has 2 aromatic rings. The third-order valence-corrected chi connectivity index (χ3v) is 4.14. The molecular weight excluding hydrogens is 338 g/mol. The predicted octanol–water partition coefficient (Wildman–Crippen LogP) is 3.98. The van der Waals surface area contributed by atoms with Gasteiger partial charge in [0.15, 0.2) is 0 Å². The zero-order chi connectivity index (χ0) is 17.3. The smallest absolute Gasteiger partial charge is 0.240 e. The third kappa shape index (κ3) is 3.10. The number of carbonyl (C=O) groups is 2. The summed E-state index contributed by atoms with van der Waals surface area (Å²) >= 11 is 5.85. The van der Waals surface area contributed by atoms with Crippen molar-refractivity contribution in [3.63, 3.8) is 0 Å². The van der Waals surface area contributed by atoms with Crippen molar-refractivity contribution in [1.29, 1.82) is 0 Å². The Balaban J connectivity index is 1.75. The number of nitrogens with one attached hydrogen (secondary N) is 2. The Bertz CT molecular complexity index is 802. The van der Waals surface area contributed by atoms with Crippen LogP contribution in [0.4, 0.5) is 20.2 Å². The fourth-order valence-corrected chi connectivity index (χ4v) is 2.54. The second-order valence-electron chi connectivity index (χ2n) is 5.60. The van der Waals surface area contributed by atoms with E-state index in [2.05, 4.69) is 10.6 Å². The van der Waals surface area contributed by atoms with E-state index in [-0.39, 0.29) is 0 Å². The summed E-state index contributed by atoms with van der Waals surface area (Å²) in [5, 5.41) is 5.23. The van der Waals surface area contributed by atoms with Gasteiger partial charge < -0.3 is 10.6 Å². The molecule has 1 fully saturated rings. The number of carbonyl (C=O) groups excluding carboxylic acids is 2. The van der Waals surface area contributed by atoms with Crippen LogP contribution in [0.25, 0.3) is 0 Å². The molecule has 0 aliphatic heterocycles. The number of rotatable bonds is 4. The van der Waals surface area contributed by atoms with Crippen LogP contribution in [0.1, 0.15) is 12.8 Å². The maximum Gasteiger partial charge on any atom is 0.240 e. The van der Waals surface area contributed by atoms with Crippen molar-refractivity contribution in [2.24, 2.45) is 5.41 Å². The van der Waals surface area contributed by atoms with E-state index in [1.165, 1.54) is 6.07 Å². The van der Waals surface area contributed by atoms with Crippen molar-refractivity contribution in [1.82, 2.24) is 0 Å². The fraction of sp³-hybridized carbons (Fsp3) is 0.176. The molecule has 0 saturated heterocycles. The Morgan fingerprint density at radius 2 is 1.54 bits per heavy atom. The highest BCUT2D eigenvalue weighted by atomic mass is 35.5. The van der Waals surface area contributed by atoms with Crippen molar-refractivity contribution in [3.8, 4) is 0 Å². The molecule has 2 aromatic carbocycles. The first-order chi connectivity index (χ1) is 11.4. The van der Waals surface area contributed by atoms with Gasteiger partial charge in [-0.1, -0.05) is 23.7 Å². The zero-order valence-electron chi connectivity index (χ0n) is 12.4. The highest BCUT2D eigenvalue weighted by Crippen LogP contribution is 2.47. The van der Waals surface area contributed by atoms with Crippen LogP contribution in [-0.4, -0.2) is 11.8 Å². The lowest BCUT2D eigenvalue weighted by Crippen LogP contribution is -2.36. The van der Waals surface area contributed by atoms with Gasteiger partial charge >= 0.3 is 0 Å². The van der Waals surface area contributed by atoms with Crippen LogP contribution < -0.4 is 10.6 Å². The van der Waals surface area contributed by atoms with Crippen LogP contribution >= 0.6 is 11.6 Å². The summed E-state index contributed by atoms with van der Waals surface area (Å²) in [7, 11) is 0. The second kappa shape index (κ2) is 6.20. The Morgan fingerprint density at radius 1 is 0.958 bits per heavy atom. The molecule has 0 bridgehead atoms. The third-order valence-electron chi connectivity index (χ3n) is 3.90.